The molecule has 1 aliphatic rings. The Kier molecular flexibility index (Phi) is 14.1. The summed E-state index contributed by atoms with van der Waals surface area (Å²) in [6.07, 6.45) is -6.88. The van der Waals surface area contributed by atoms with Gasteiger partial charge in [0.1, 0.15) is 25.2 Å². The maximum absolute atomic E-state index is 12.6. The summed E-state index contributed by atoms with van der Waals surface area (Å²) in [5, 5.41) is 8.78. The van der Waals surface area contributed by atoms with Crippen LogP contribution in [0, 0.1) is 12.3 Å². The zero-order valence-corrected chi connectivity index (χ0v) is 22.5. The maximum atomic E-state index is 12.6. The maximum Gasteiger partial charge on any atom is 0.430 e. The Morgan fingerprint density at radius 1 is 0.850 bits per heavy atom. The van der Waals surface area contributed by atoms with Gasteiger partial charge in [-0.3, -0.25) is 19.2 Å². The summed E-state index contributed by atoms with van der Waals surface area (Å²) >= 11 is 0. The average molecular weight is 585 g/mol. The van der Waals surface area contributed by atoms with E-state index < -0.39 is 79.3 Å². The van der Waals surface area contributed by atoms with Gasteiger partial charge in [0.2, 0.25) is 12.4 Å². The third-order valence-corrected chi connectivity index (χ3v) is 4.50. The predicted octanol–water partition coefficient (Wildman–Crippen LogP) is -1.38. The van der Waals surface area contributed by atoms with Gasteiger partial charge < -0.3 is 42.8 Å². The van der Waals surface area contributed by atoms with E-state index in [0.717, 1.165) is 27.7 Å². The van der Waals surface area contributed by atoms with Crippen molar-refractivity contribution in [3.8, 4) is 12.3 Å². The van der Waals surface area contributed by atoms with Gasteiger partial charge in [-0.2, -0.15) is 13.2 Å². The molecule has 0 unspecified atom stereocenters. The fourth-order valence-corrected chi connectivity index (χ4v) is 3.10. The summed E-state index contributed by atoms with van der Waals surface area (Å²) in [6, 6.07) is 0. The highest BCUT2D eigenvalue weighted by Crippen LogP contribution is 2.30. The van der Waals surface area contributed by atoms with Crippen LogP contribution in [-0.2, 0) is 57.2 Å². The quantitative estimate of drug-likeness (QED) is 0.134. The molecule has 0 amide bonds. The van der Waals surface area contributed by atoms with E-state index in [2.05, 4.69) is 5.92 Å². The van der Waals surface area contributed by atoms with E-state index >= 15 is 0 Å². The number of esters is 5. The molecule has 0 N–H and O–H groups in total. The van der Waals surface area contributed by atoms with E-state index in [1.807, 2.05) is 0 Å². The number of nitrogens with zero attached hydrogens (tertiary/aromatic N) is 1. The standard InChI is InChI=1S/C21H30NO11.C2HF3O2/c1-8-9-22(6,7)10-17(27)33-21-20(31-15(5)26)19(30-14(4)25)18(29-13(3)24)16(32-21)11-28-12(2)23;3-2(4,5)1(6)7/h1,16,18-21H,9-11H2,2-7H3;(H,6,7)/q+1;/p-1/t16-,18-,19+,20-,21+;/m1./s1. The van der Waals surface area contributed by atoms with Crippen molar-refractivity contribution >= 4 is 35.8 Å². The van der Waals surface area contributed by atoms with Crippen LogP contribution in [0.25, 0.3) is 0 Å². The number of carboxylic acids is 1. The number of terminal acetylenes is 1. The molecule has 0 saturated carbocycles. The highest BCUT2D eigenvalue weighted by molar-refractivity contribution is 5.71. The van der Waals surface area contributed by atoms with Crippen LogP contribution >= 0.6 is 0 Å². The van der Waals surface area contributed by atoms with Crippen LogP contribution in [0.3, 0.4) is 0 Å². The summed E-state index contributed by atoms with van der Waals surface area (Å²) in [7, 11) is 3.41. The number of hydrogen-bond acceptors (Lipinski definition) is 13. The van der Waals surface area contributed by atoms with Crippen LogP contribution in [0.4, 0.5) is 13.2 Å². The van der Waals surface area contributed by atoms with Crippen LogP contribution in [-0.4, -0.2) is 111 Å². The lowest BCUT2D eigenvalue weighted by atomic mass is 9.98. The molecule has 0 aromatic carbocycles. The molecule has 5 atom stereocenters. The first-order valence-corrected chi connectivity index (χ1v) is 11.2. The molecule has 1 rings (SSSR count). The monoisotopic (exact) mass is 585 g/mol. The van der Waals surface area contributed by atoms with Gasteiger partial charge in [0.25, 0.3) is 0 Å². The topological polar surface area (TPSA) is 181 Å². The molecule has 0 aromatic heterocycles. The molecule has 1 aliphatic heterocycles. The normalized spacial score (nSPS) is 22.2. The van der Waals surface area contributed by atoms with Crippen molar-refractivity contribution in [1.82, 2.24) is 0 Å². The second kappa shape index (κ2) is 15.6. The molecule has 0 radical (unpaired) electrons. The largest absolute Gasteiger partial charge is 0.542 e. The number of alkyl halides is 3. The number of halogens is 3. The van der Waals surface area contributed by atoms with Gasteiger partial charge in [-0.25, -0.2) is 4.79 Å². The Hall–Kier alpha value is -3.91. The molecule has 0 aliphatic carbocycles. The number of quaternary nitrogens is 1. The Morgan fingerprint density at radius 2 is 1.30 bits per heavy atom. The summed E-state index contributed by atoms with van der Waals surface area (Å²) < 4.78 is 63.4. The lowest BCUT2D eigenvalue weighted by molar-refractivity contribution is -0.875. The van der Waals surface area contributed by atoms with E-state index in [1.165, 1.54) is 0 Å². The molecule has 17 heteroatoms. The molecule has 0 bridgehead atoms. The minimum absolute atomic E-state index is 0.0978. The van der Waals surface area contributed by atoms with Crippen LogP contribution in [0.1, 0.15) is 27.7 Å². The van der Waals surface area contributed by atoms with Crippen LogP contribution in [0.15, 0.2) is 0 Å². The first kappa shape index (κ1) is 36.1. The number of aliphatic carboxylic acids is 1. The fourth-order valence-electron chi connectivity index (χ4n) is 3.10. The predicted molar refractivity (Wildman–Crippen MR) is 120 cm³/mol. The minimum atomic E-state index is -5.19. The molecule has 226 valence electrons. The smallest absolute Gasteiger partial charge is 0.430 e. The van der Waals surface area contributed by atoms with E-state index in [9.17, 15) is 37.1 Å². The first-order valence-electron chi connectivity index (χ1n) is 11.2. The second-order valence-electron chi connectivity index (χ2n) is 8.80. The van der Waals surface area contributed by atoms with Crippen molar-refractivity contribution in [2.24, 2.45) is 0 Å². The lowest BCUT2D eigenvalue weighted by Gasteiger charge is -2.43. The van der Waals surface area contributed by atoms with Crippen molar-refractivity contribution in [3.63, 3.8) is 0 Å². The molecular weight excluding hydrogens is 555 g/mol. The molecule has 1 fully saturated rings. The third kappa shape index (κ3) is 13.8. The molecular formula is C23H30F3NO13. The molecule has 1 heterocycles. The van der Waals surface area contributed by atoms with Crippen molar-refractivity contribution in [1.29, 1.82) is 0 Å². The van der Waals surface area contributed by atoms with Gasteiger partial charge in [-0.15, -0.1) is 6.42 Å². The average Bonchev–Trinajstić information content (AvgIpc) is 2.74. The fraction of sp³-hybridized carbons (Fsp3) is 0.652. The number of carbonyl (C=O) groups is 6. The van der Waals surface area contributed by atoms with E-state index in [1.54, 1.807) is 14.1 Å². The highest BCUT2D eigenvalue weighted by atomic mass is 19.4. The van der Waals surface area contributed by atoms with Gasteiger partial charge in [-0.05, 0) is 5.92 Å². The van der Waals surface area contributed by atoms with Crippen molar-refractivity contribution in [2.75, 3.05) is 33.8 Å². The molecule has 0 spiro atoms. The Balaban J connectivity index is 0.00000191. The zero-order chi connectivity index (χ0) is 31.4. The van der Waals surface area contributed by atoms with Gasteiger partial charge in [-0.1, -0.05) is 0 Å². The van der Waals surface area contributed by atoms with Crippen molar-refractivity contribution < 1.29 is 79.9 Å². The summed E-state index contributed by atoms with van der Waals surface area (Å²) in [4.78, 5) is 67.9. The minimum Gasteiger partial charge on any atom is -0.542 e. The highest BCUT2D eigenvalue weighted by Gasteiger charge is 2.54. The van der Waals surface area contributed by atoms with Crippen molar-refractivity contribution in [3.05, 3.63) is 0 Å². The Labute approximate surface area is 227 Å². The summed E-state index contributed by atoms with van der Waals surface area (Å²) in [6.45, 7) is 4.08. The summed E-state index contributed by atoms with van der Waals surface area (Å²) in [5.41, 5.74) is 0. The number of likely N-dealkylation sites (N-methyl/N-ethyl adjacent to an activating group) is 1. The number of rotatable bonds is 9. The van der Waals surface area contributed by atoms with E-state index in [-0.39, 0.29) is 17.6 Å². The number of hydrogen-bond donors (Lipinski definition) is 0. The summed E-state index contributed by atoms with van der Waals surface area (Å²) in [5.74, 6) is -4.33. The molecule has 0 aromatic rings. The second-order valence-corrected chi connectivity index (χ2v) is 8.80. The number of carboxylic acid groups (broad SMARTS) is 1. The van der Waals surface area contributed by atoms with Crippen LogP contribution < -0.4 is 5.11 Å². The van der Waals surface area contributed by atoms with E-state index in [0.29, 0.717) is 0 Å². The lowest BCUT2D eigenvalue weighted by Crippen LogP contribution is -2.63. The van der Waals surface area contributed by atoms with Crippen LogP contribution in [0.2, 0.25) is 0 Å². The van der Waals surface area contributed by atoms with Gasteiger partial charge in [0.05, 0.1) is 14.1 Å². The number of carbonyl (C=O) groups excluding carboxylic acids is 6. The molecule has 1 saturated heterocycles. The number of ether oxygens (including phenoxy) is 6. The van der Waals surface area contributed by atoms with Gasteiger partial charge in [0, 0.05) is 27.7 Å². The Bertz CT molecular complexity index is 989. The Morgan fingerprint density at radius 3 is 1.70 bits per heavy atom. The van der Waals surface area contributed by atoms with Gasteiger partial charge in [0.15, 0.2) is 18.8 Å². The third-order valence-electron chi connectivity index (χ3n) is 4.50. The molecule has 40 heavy (non-hydrogen) atoms. The first-order chi connectivity index (χ1) is 18.2. The SMILES string of the molecule is C#CC[N+](C)(C)CC(=O)O[C@@H]1O[C@H](COC(C)=O)[C@@H](OC(C)=O)[C@H](OC(C)=O)[C@H]1OC(C)=O.O=C([O-])C(F)(F)F. The van der Waals surface area contributed by atoms with Crippen molar-refractivity contribution in [2.45, 2.75) is 64.6 Å². The zero-order valence-electron chi connectivity index (χ0n) is 22.5. The van der Waals surface area contributed by atoms with E-state index in [4.69, 9.17) is 44.7 Å². The van der Waals surface area contributed by atoms with Gasteiger partial charge >= 0.3 is 36.0 Å². The van der Waals surface area contributed by atoms with Crippen LogP contribution in [0.5, 0.6) is 0 Å². The molecule has 14 nitrogen and oxygen atoms in total.